The molecule has 0 aliphatic carbocycles. The van der Waals surface area contributed by atoms with Crippen LogP contribution in [0.3, 0.4) is 0 Å². The second-order valence-corrected chi connectivity index (χ2v) is 7.14. The molecule has 3 heteroatoms. The fourth-order valence-electron chi connectivity index (χ4n) is 3.02. The van der Waals surface area contributed by atoms with Crippen molar-refractivity contribution in [1.82, 2.24) is 10.2 Å². The number of piperidine rings is 1. The van der Waals surface area contributed by atoms with Crippen molar-refractivity contribution in [3.05, 3.63) is 21.9 Å². The summed E-state index contributed by atoms with van der Waals surface area (Å²) >= 11 is 1.95. The first-order chi connectivity index (χ1) is 8.60. The van der Waals surface area contributed by atoms with E-state index in [0.717, 1.165) is 31.0 Å². The molecule has 2 nitrogen and oxygen atoms in total. The van der Waals surface area contributed by atoms with Gasteiger partial charge >= 0.3 is 0 Å². The summed E-state index contributed by atoms with van der Waals surface area (Å²) in [6.07, 6.45) is 1.38. The summed E-state index contributed by atoms with van der Waals surface area (Å²) in [7, 11) is 2.01. The lowest BCUT2D eigenvalue weighted by Gasteiger charge is -2.40. The molecule has 0 amide bonds. The topological polar surface area (TPSA) is 15.3 Å². The van der Waals surface area contributed by atoms with E-state index in [2.05, 4.69) is 43.1 Å². The Hall–Kier alpha value is -0.380. The van der Waals surface area contributed by atoms with Crippen molar-refractivity contribution in [3.63, 3.8) is 0 Å². The van der Waals surface area contributed by atoms with E-state index in [1.807, 2.05) is 18.4 Å². The van der Waals surface area contributed by atoms with Crippen molar-refractivity contribution in [2.45, 2.75) is 46.3 Å². The smallest absolute Gasteiger partial charge is 0.0331 e. The highest BCUT2D eigenvalue weighted by molar-refractivity contribution is 7.11. The molecular formula is C15H26N2S. The summed E-state index contributed by atoms with van der Waals surface area (Å²) in [5.74, 6) is 1.67. The molecule has 1 aliphatic heterocycles. The van der Waals surface area contributed by atoms with Gasteiger partial charge < -0.3 is 5.32 Å². The summed E-state index contributed by atoms with van der Waals surface area (Å²) in [4.78, 5) is 5.61. The number of hydrogen-bond acceptors (Lipinski definition) is 3. The van der Waals surface area contributed by atoms with Gasteiger partial charge in [-0.15, -0.1) is 11.3 Å². The van der Waals surface area contributed by atoms with Crippen LogP contribution in [0.2, 0.25) is 0 Å². The molecule has 0 radical (unpaired) electrons. The quantitative estimate of drug-likeness (QED) is 0.899. The van der Waals surface area contributed by atoms with E-state index in [0.29, 0.717) is 0 Å². The standard InChI is InChI=1S/C15H26N2S/c1-11-7-12(2)13(3)17(9-11)10-15-6-5-14(18-15)8-16-4/h5-6,11-13,16H,7-10H2,1-4H3. The van der Waals surface area contributed by atoms with Gasteiger partial charge in [0.1, 0.15) is 0 Å². The fraction of sp³-hybridized carbons (Fsp3) is 0.733. The number of rotatable bonds is 4. The van der Waals surface area contributed by atoms with E-state index in [4.69, 9.17) is 0 Å². The molecule has 1 aliphatic rings. The van der Waals surface area contributed by atoms with Crippen LogP contribution in [0.25, 0.3) is 0 Å². The van der Waals surface area contributed by atoms with E-state index in [9.17, 15) is 0 Å². The second kappa shape index (κ2) is 6.18. The number of likely N-dealkylation sites (tertiary alicyclic amines) is 1. The monoisotopic (exact) mass is 266 g/mol. The third-order valence-corrected chi connectivity index (χ3v) is 5.22. The van der Waals surface area contributed by atoms with Gasteiger partial charge in [-0.05, 0) is 44.4 Å². The van der Waals surface area contributed by atoms with E-state index >= 15 is 0 Å². The summed E-state index contributed by atoms with van der Waals surface area (Å²) in [5, 5.41) is 3.22. The van der Waals surface area contributed by atoms with Gasteiger partial charge in [0.2, 0.25) is 0 Å². The van der Waals surface area contributed by atoms with Crippen LogP contribution in [0.15, 0.2) is 12.1 Å². The second-order valence-electron chi connectivity index (χ2n) is 5.89. The van der Waals surface area contributed by atoms with Gasteiger partial charge in [0.25, 0.3) is 0 Å². The zero-order valence-electron chi connectivity index (χ0n) is 12.1. The summed E-state index contributed by atoms with van der Waals surface area (Å²) in [5.41, 5.74) is 0. The van der Waals surface area contributed by atoms with Crippen molar-refractivity contribution in [3.8, 4) is 0 Å². The normalized spacial score (nSPS) is 29.7. The largest absolute Gasteiger partial charge is 0.315 e. The van der Waals surface area contributed by atoms with Crippen LogP contribution >= 0.6 is 11.3 Å². The molecular weight excluding hydrogens is 240 g/mol. The molecule has 18 heavy (non-hydrogen) atoms. The van der Waals surface area contributed by atoms with Crippen LogP contribution in [0.1, 0.15) is 36.9 Å². The highest BCUT2D eigenvalue weighted by Gasteiger charge is 2.28. The molecule has 3 atom stereocenters. The first kappa shape index (κ1) is 14.0. The van der Waals surface area contributed by atoms with Crippen LogP contribution in [-0.2, 0) is 13.1 Å². The number of thiophene rings is 1. The maximum Gasteiger partial charge on any atom is 0.0331 e. The Morgan fingerprint density at radius 2 is 2.00 bits per heavy atom. The Labute approximate surface area is 115 Å². The lowest BCUT2D eigenvalue weighted by Crippen LogP contribution is -2.44. The maximum absolute atomic E-state index is 3.22. The van der Waals surface area contributed by atoms with Crippen LogP contribution in [-0.4, -0.2) is 24.5 Å². The van der Waals surface area contributed by atoms with Gasteiger partial charge in [-0.2, -0.15) is 0 Å². The van der Waals surface area contributed by atoms with Crippen molar-refractivity contribution < 1.29 is 0 Å². The van der Waals surface area contributed by atoms with Crippen LogP contribution in [0.4, 0.5) is 0 Å². The molecule has 0 aromatic carbocycles. The predicted octanol–water partition coefficient (Wildman–Crippen LogP) is 3.33. The highest BCUT2D eigenvalue weighted by Crippen LogP contribution is 2.29. The third kappa shape index (κ3) is 3.34. The minimum atomic E-state index is 0.719. The molecule has 1 fully saturated rings. The van der Waals surface area contributed by atoms with Crippen LogP contribution in [0.5, 0.6) is 0 Å². The SMILES string of the molecule is CNCc1ccc(CN2CC(C)CC(C)C2C)s1. The van der Waals surface area contributed by atoms with Gasteiger partial charge in [-0.1, -0.05) is 13.8 Å². The lowest BCUT2D eigenvalue weighted by molar-refractivity contribution is 0.0739. The predicted molar refractivity (Wildman–Crippen MR) is 79.9 cm³/mol. The van der Waals surface area contributed by atoms with Crippen molar-refractivity contribution in [1.29, 1.82) is 0 Å². The van der Waals surface area contributed by atoms with E-state index in [1.165, 1.54) is 22.7 Å². The molecule has 102 valence electrons. The van der Waals surface area contributed by atoms with Crippen molar-refractivity contribution in [2.24, 2.45) is 11.8 Å². The molecule has 2 heterocycles. The van der Waals surface area contributed by atoms with Crippen molar-refractivity contribution in [2.75, 3.05) is 13.6 Å². The maximum atomic E-state index is 3.22. The molecule has 2 rings (SSSR count). The Kier molecular flexibility index (Phi) is 4.82. The van der Waals surface area contributed by atoms with Gasteiger partial charge in [0, 0.05) is 35.4 Å². The van der Waals surface area contributed by atoms with E-state index < -0.39 is 0 Å². The fourth-order valence-corrected chi connectivity index (χ4v) is 4.07. The molecule has 1 aromatic heterocycles. The first-order valence-electron chi connectivity index (χ1n) is 7.06. The first-order valence-corrected chi connectivity index (χ1v) is 7.88. The zero-order chi connectivity index (χ0) is 13.1. The number of hydrogen-bond donors (Lipinski definition) is 1. The van der Waals surface area contributed by atoms with Crippen LogP contribution < -0.4 is 5.32 Å². The molecule has 1 aromatic rings. The minimum Gasteiger partial charge on any atom is -0.315 e. The summed E-state index contributed by atoms with van der Waals surface area (Å²) in [6.45, 7) is 10.5. The average molecular weight is 266 g/mol. The Morgan fingerprint density at radius 3 is 2.72 bits per heavy atom. The summed E-state index contributed by atoms with van der Waals surface area (Å²) < 4.78 is 0. The van der Waals surface area contributed by atoms with Crippen molar-refractivity contribution >= 4 is 11.3 Å². The van der Waals surface area contributed by atoms with Gasteiger partial charge in [0.05, 0.1) is 0 Å². The lowest BCUT2D eigenvalue weighted by atomic mass is 9.86. The Bertz CT molecular complexity index is 374. The van der Waals surface area contributed by atoms with Gasteiger partial charge in [0.15, 0.2) is 0 Å². The Balaban J connectivity index is 1.98. The van der Waals surface area contributed by atoms with E-state index in [-0.39, 0.29) is 0 Å². The zero-order valence-corrected chi connectivity index (χ0v) is 12.9. The summed E-state index contributed by atoms with van der Waals surface area (Å²) in [6, 6.07) is 5.28. The number of nitrogens with zero attached hydrogens (tertiary/aromatic N) is 1. The molecule has 0 bridgehead atoms. The molecule has 1 N–H and O–H groups in total. The third-order valence-electron chi connectivity index (χ3n) is 4.15. The Morgan fingerprint density at radius 1 is 1.28 bits per heavy atom. The minimum absolute atomic E-state index is 0.719. The average Bonchev–Trinajstić information content (AvgIpc) is 2.73. The molecule has 1 saturated heterocycles. The van der Waals surface area contributed by atoms with Gasteiger partial charge in [-0.3, -0.25) is 4.90 Å². The van der Waals surface area contributed by atoms with Gasteiger partial charge in [-0.25, -0.2) is 0 Å². The highest BCUT2D eigenvalue weighted by atomic mass is 32.1. The number of nitrogens with one attached hydrogen (secondary N) is 1. The van der Waals surface area contributed by atoms with Crippen LogP contribution in [0, 0.1) is 11.8 Å². The molecule has 3 unspecified atom stereocenters. The molecule has 0 saturated carbocycles. The van der Waals surface area contributed by atoms with E-state index in [1.54, 1.807) is 0 Å². The molecule has 0 spiro atoms.